The number of thiophene rings is 1. The fraction of sp³-hybridized carbons (Fsp3) is 0.375. The number of rotatable bonds is 9. The fourth-order valence-corrected chi connectivity index (χ4v) is 3.26. The molecular weight excluding hydrogens is 366 g/mol. The molecule has 3 N–H and O–H groups in total. The van der Waals surface area contributed by atoms with Crippen molar-refractivity contribution >= 4 is 27.3 Å². The zero-order valence-electron chi connectivity index (χ0n) is 12.5. The van der Waals surface area contributed by atoms with Gasteiger partial charge in [-0.1, -0.05) is 6.07 Å². The number of aliphatic hydroxyl groups is 1. The maximum atomic E-state index is 8.86. The molecule has 1 aromatic carbocycles. The highest BCUT2D eigenvalue weighted by Crippen LogP contribution is 2.37. The first-order valence-corrected chi connectivity index (χ1v) is 8.94. The molecule has 1 aromatic heterocycles. The minimum absolute atomic E-state index is 0.182. The monoisotopic (exact) mass is 386 g/mol. The number of halogens is 1. The maximum Gasteiger partial charge on any atom is 0.175 e. The van der Waals surface area contributed by atoms with E-state index in [0.29, 0.717) is 19.8 Å². The van der Waals surface area contributed by atoms with E-state index in [9.17, 15) is 0 Å². The number of aliphatic hydroxyl groups excluding tert-OH is 1. The molecule has 0 aliphatic carbocycles. The standard InChI is InChI=1S/C16H20BrNO3S/c1-2-20-15-9-12(10-18-5-6-19)8-14(17)16(15)21-11-13-4-3-7-22-13/h3-4,7-9,18-19H,2,5-6,10-11H2,1H3/p+1. The van der Waals surface area contributed by atoms with Crippen molar-refractivity contribution in [1.29, 1.82) is 0 Å². The Morgan fingerprint density at radius 3 is 2.86 bits per heavy atom. The second-order valence-electron chi connectivity index (χ2n) is 4.71. The highest BCUT2D eigenvalue weighted by molar-refractivity contribution is 9.10. The van der Waals surface area contributed by atoms with Crippen LogP contribution in [0.15, 0.2) is 34.1 Å². The second-order valence-corrected chi connectivity index (χ2v) is 6.60. The first-order chi connectivity index (χ1) is 10.7. The predicted molar refractivity (Wildman–Crippen MR) is 91.5 cm³/mol. The van der Waals surface area contributed by atoms with Gasteiger partial charge in [0.1, 0.15) is 13.2 Å². The lowest BCUT2D eigenvalue weighted by atomic mass is 10.2. The smallest absolute Gasteiger partial charge is 0.175 e. The molecule has 6 heteroatoms. The lowest BCUT2D eigenvalue weighted by molar-refractivity contribution is -0.671. The van der Waals surface area contributed by atoms with E-state index in [1.54, 1.807) is 11.3 Å². The molecule has 2 aromatic rings. The predicted octanol–water partition coefficient (Wildman–Crippen LogP) is 2.54. The van der Waals surface area contributed by atoms with Crippen molar-refractivity contribution in [3.63, 3.8) is 0 Å². The first-order valence-electron chi connectivity index (χ1n) is 7.27. The SMILES string of the molecule is CCOc1cc(C[NH2+]CCO)cc(Br)c1OCc1cccs1. The zero-order chi connectivity index (χ0) is 15.8. The highest BCUT2D eigenvalue weighted by atomic mass is 79.9. The molecule has 1 heterocycles. The molecule has 4 nitrogen and oxygen atoms in total. The van der Waals surface area contributed by atoms with Crippen molar-refractivity contribution < 1.29 is 19.9 Å². The van der Waals surface area contributed by atoms with E-state index in [-0.39, 0.29) is 6.61 Å². The van der Waals surface area contributed by atoms with Crippen LogP contribution in [-0.2, 0) is 13.2 Å². The van der Waals surface area contributed by atoms with Crippen molar-refractivity contribution in [2.75, 3.05) is 19.8 Å². The van der Waals surface area contributed by atoms with E-state index >= 15 is 0 Å². The molecule has 0 saturated heterocycles. The van der Waals surface area contributed by atoms with Gasteiger partial charge in [0.2, 0.25) is 0 Å². The van der Waals surface area contributed by atoms with Gasteiger partial charge in [-0.3, -0.25) is 0 Å². The lowest BCUT2D eigenvalue weighted by Crippen LogP contribution is -2.83. The Hall–Kier alpha value is -1.08. The Labute approximate surface area is 143 Å². The summed E-state index contributed by atoms with van der Waals surface area (Å²) in [7, 11) is 0. The van der Waals surface area contributed by atoms with Gasteiger partial charge in [0.25, 0.3) is 0 Å². The van der Waals surface area contributed by atoms with Gasteiger partial charge in [0.05, 0.1) is 24.2 Å². The lowest BCUT2D eigenvalue weighted by Gasteiger charge is -2.15. The van der Waals surface area contributed by atoms with Crippen molar-refractivity contribution in [2.24, 2.45) is 0 Å². The summed E-state index contributed by atoms with van der Waals surface area (Å²) in [5, 5.41) is 13.0. The molecule has 0 aliphatic rings. The number of ether oxygens (including phenoxy) is 2. The van der Waals surface area contributed by atoms with E-state index in [2.05, 4.69) is 27.3 Å². The molecule has 0 atom stereocenters. The Morgan fingerprint density at radius 2 is 2.18 bits per heavy atom. The summed E-state index contributed by atoms with van der Waals surface area (Å²) in [4.78, 5) is 1.18. The molecule has 22 heavy (non-hydrogen) atoms. The van der Waals surface area contributed by atoms with E-state index < -0.39 is 0 Å². The summed E-state index contributed by atoms with van der Waals surface area (Å²) < 4.78 is 12.5. The fourth-order valence-electron chi connectivity index (χ4n) is 2.04. The van der Waals surface area contributed by atoms with E-state index in [4.69, 9.17) is 14.6 Å². The Kier molecular flexibility index (Phi) is 7.18. The van der Waals surface area contributed by atoms with E-state index in [1.165, 1.54) is 4.88 Å². The molecule has 0 saturated carbocycles. The summed E-state index contributed by atoms with van der Waals surface area (Å²) in [5.74, 6) is 1.49. The van der Waals surface area contributed by atoms with Crippen LogP contribution in [0, 0.1) is 0 Å². The van der Waals surface area contributed by atoms with Crippen LogP contribution in [0.5, 0.6) is 11.5 Å². The number of hydrogen-bond donors (Lipinski definition) is 2. The molecule has 120 valence electrons. The third-order valence-electron chi connectivity index (χ3n) is 3.02. The van der Waals surface area contributed by atoms with Gasteiger partial charge >= 0.3 is 0 Å². The summed E-state index contributed by atoms with van der Waals surface area (Å²) >= 11 is 5.25. The van der Waals surface area contributed by atoms with Gasteiger partial charge < -0.3 is 19.9 Å². The Balaban J connectivity index is 2.12. The van der Waals surface area contributed by atoms with Crippen molar-refractivity contribution in [2.45, 2.75) is 20.1 Å². The zero-order valence-corrected chi connectivity index (χ0v) is 15.0. The van der Waals surface area contributed by atoms with Gasteiger partial charge in [-0.15, -0.1) is 11.3 Å². The molecule has 0 spiro atoms. The summed E-state index contributed by atoms with van der Waals surface area (Å²) in [6.45, 7) is 4.75. The van der Waals surface area contributed by atoms with Crippen LogP contribution >= 0.6 is 27.3 Å². The van der Waals surface area contributed by atoms with Gasteiger partial charge in [-0.2, -0.15) is 0 Å². The van der Waals surface area contributed by atoms with Crippen LogP contribution < -0.4 is 14.8 Å². The number of benzene rings is 1. The number of nitrogens with two attached hydrogens (primary N) is 1. The summed E-state index contributed by atoms with van der Waals surface area (Å²) in [6, 6.07) is 8.12. The van der Waals surface area contributed by atoms with Crippen LogP contribution in [0.3, 0.4) is 0 Å². The molecule has 0 radical (unpaired) electrons. The minimum Gasteiger partial charge on any atom is -0.490 e. The van der Waals surface area contributed by atoms with Gasteiger partial charge in [-0.05, 0) is 46.4 Å². The third kappa shape index (κ3) is 4.98. The van der Waals surface area contributed by atoms with E-state index in [0.717, 1.165) is 28.1 Å². The van der Waals surface area contributed by atoms with Gasteiger partial charge in [-0.25, -0.2) is 0 Å². The van der Waals surface area contributed by atoms with Crippen molar-refractivity contribution in [3.8, 4) is 11.5 Å². The molecule has 0 amide bonds. The topological polar surface area (TPSA) is 55.3 Å². The van der Waals surface area contributed by atoms with Gasteiger partial charge in [0.15, 0.2) is 11.5 Å². The maximum absolute atomic E-state index is 8.86. The first kappa shape index (κ1) is 17.3. The molecule has 0 aliphatic heterocycles. The molecule has 0 bridgehead atoms. The Morgan fingerprint density at radius 1 is 1.32 bits per heavy atom. The highest BCUT2D eigenvalue weighted by Gasteiger charge is 2.13. The third-order valence-corrected chi connectivity index (χ3v) is 4.46. The van der Waals surface area contributed by atoms with E-state index in [1.807, 2.05) is 30.5 Å². The minimum atomic E-state index is 0.182. The molecular formula is C16H21BrNO3S+. The largest absolute Gasteiger partial charge is 0.490 e. The average molecular weight is 387 g/mol. The molecule has 2 rings (SSSR count). The van der Waals surface area contributed by atoms with Crippen LogP contribution in [-0.4, -0.2) is 24.9 Å². The summed E-state index contributed by atoms with van der Waals surface area (Å²) in [6.07, 6.45) is 0. The van der Waals surface area contributed by atoms with Crippen LogP contribution in [0.1, 0.15) is 17.4 Å². The van der Waals surface area contributed by atoms with Crippen LogP contribution in [0.25, 0.3) is 0 Å². The quantitative estimate of drug-likeness (QED) is 0.651. The normalized spacial score (nSPS) is 10.7. The van der Waals surface area contributed by atoms with Crippen molar-refractivity contribution in [3.05, 3.63) is 44.6 Å². The number of hydrogen-bond acceptors (Lipinski definition) is 4. The van der Waals surface area contributed by atoms with Gasteiger partial charge in [0, 0.05) is 10.4 Å². The Bertz CT molecular complexity index is 575. The second kappa shape index (κ2) is 9.15. The number of quaternary nitrogens is 1. The molecule has 0 fully saturated rings. The average Bonchev–Trinajstić information content (AvgIpc) is 3.00. The van der Waals surface area contributed by atoms with Crippen LogP contribution in [0.4, 0.5) is 0 Å². The van der Waals surface area contributed by atoms with Crippen LogP contribution in [0.2, 0.25) is 0 Å². The van der Waals surface area contributed by atoms with Crippen molar-refractivity contribution in [1.82, 2.24) is 0 Å². The molecule has 0 unspecified atom stereocenters. The summed E-state index contributed by atoms with van der Waals surface area (Å²) in [5.41, 5.74) is 1.13.